The molecule has 1 aliphatic carbocycles. The number of rotatable bonds is 4. The van der Waals surface area contributed by atoms with Crippen LogP contribution in [0.2, 0.25) is 0 Å². The Morgan fingerprint density at radius 2 is 2.00 bits per heavy atom. The molecule has 0 aromatic carbocycles. The number of hydrogen-bond acceptors (Lipinski definition) is 3. The van der Waals surface area contributed by atoms with Crippen molar-refractivity contribution in [3.8, 4) is 0 Å². The van der Waals surface area contributed by atoms with Gasteiger partial charge in [0, 0.05) is 11.8 Å². The third kappa shape index (κ3) is 3.84. The summed E-state index contributed by atoms with van der Waals surface area (Å²) in [6.07, 6.45) is 8.08. The Bertz CT molecular complexity index is 407. The van der Waals surface area contributed by atoms with E-state index in [1.54, 1.807) is 6.08 Å². The molecule has 96 valence electrons. The minimum absolute atomic E-state index is 0.0160. The average molecular weight is 257 g/mol. The Morgan fingerprint density at radius 1 is 1.29 bits per heavy atom. The highest BCUT2D eigenvalue weighted by atomic mass is 32.2. The van der Waals surface area contributed by atoms with E-state index in [4.69, 9.17) is 0 Å². The molecule has 0 bridgehead atoms. The van der Waals surface area contributed by atoms with Gasteiger partial charge in [-0.1, -0.05) is 25.7 Å². The molecule has 1 heterocycles. The first-order valence-corrected chi connectivity index (χ1v) is 7.97. The van der Waals surface area contributed by atoms with Gasteiger partial charge in [0.15, 0.2) is 9.84 Å². The number of sulfone groups is 1. The maximum absolute atomic E-state index is 11.6. The predicted octanol–water partition coefficient (Wildman–Crippen LogP) is 1.38. The molecule has 0 aromatic rings. The topological polar surface area (TPSA) is 63.2 Å². The van der Waals surface area contributed by atoms with Crippen LogP contribution >= 0.6 is 0 Å². The number of hydrogen-bond donors (Lipinski definition) is 1. The van der Waals surface area contributed by atoms with Crippen LogP contribution in [-0.4, -0.2) is 26.1 Å². The summed E-state index contributed by atoms with van der Waals surface area (Å²) in [4.78, 5) is 11.6. The Morgan fingerprint density at radius 3 is 2.59 bits per heavy atom. The van der Waals surface area contributed by atoms with E-state index < -0.39 is 9.84 Å². The van der Waals surface area contributed by atoms with E-state index in [0.29, 0.717) is 12.3 Å². The molecule has 1 atom stereocenters. The van der Waals surface area contributed by atoms with Crippen molar-refractivity contribution in [2.45, 2.75) is 44.6 Å². The minimum Gasteiger partial charge on any atom is -0.349 e. The number of amides is 1. The predicted molar refractivity (Wildman–Crippen MR) is 66.0 cm³/mol. The van der Waals surface area contributed by atoms with E-state index >= 15 is 0 Å². The van der Waals surface area contributed by atoms with Crippen molar-refractivity contribution in [2.24, 2.45) is 5.92 Å². The molecule has 1 amide bonds. The standard InChI is InChI=1S/C12H19NO3S/c14-12(6-5-10-3-1-2-4-10)13-11-7-8-17(15,16)9-11/h7-8,10-11H,1-6,9H2,(H,13,14)/t11-/m1/s1. The lowest BCUT2D eigenvalue weighted by Gasteiger charge is -2.12. The number of nitrogens with one attached hydrogen (secondary N) is 1. The normalized spacial score (nSPS) is 27.4. The van der Waals surface area contributed by atoms with Crippen LogP contribution in [0.4, 0.5) is 0 Å². The van der Waals surface area contributed by atoms with E-state index in [1.165, 1.54) is 31.1 Å². The summed E-state index contributed by atoms with van der Waals surface area (Å²) in [5.74, 6) is 0.689. The quantitative estimate of drug-likeness (QED) is 0.827. The van der Waals surface area contributed by atoms with Crippen molar-refractivity contribution in [1.29, 1.82) is 0 Å². The molecule has 0 spiro atoms. The largest absolute Gasteiger partial charge is 0.349 e. The zero-order valence-corrected chi connectivity index (χ0v) is 10.7. The molecule has 0 unspecified atom stereocenters. The Labute approximate surface area is 102 Å². The molecule has 1 fully saturated rings. The monoisotopic (exact) mass is 257 g/mol. The lowest BCUT2D eigenvalue weighted by molar-refractivity contribution is -0.121. The van der Waals surface area contributed by atoms with Gasteiger partial charge in [0.1, 0.15) is 0 Å². The SMILES string of the molecule is O=C(CCC1CCCC1)N[C@@H]1C=CS(=O)(=O)C1. The average Bonchev–Trinajstić information content (AvgIpc) is 2.85. The summed E-state index contributed by atoms with van der Waals surface area (Å²) in [5.41, 5.74) is 0. The van der Waals surface area contributed by atoms with Gasteiger partial charge >= 0.3 is 0 Å². The first-order chi connectivity index (χ1) is 8.05. The fraction of sp³-hybridized carbons (Fsp3) is 0.750. The molecule has 0 saturated heterocycles. The van der Waals surface area contributed by atoms with Gasteiger partial charge in [-0.05, 0) is 18.4 Å². The fourth-order valence-corrected chi connectivity index (χ4v) is 3.81. The zero-order valence-electron chi connectivity index (χ0n) is 9.89. The smallest absolute Gasteiger partial charge is 0.220 e. The van der Waals surface area contributed by atoms with E-state index in [1.807, 2.05) is 0 Å². The molecule has 2 rings (SSSR count). The van der Waals surface area contributed by atoms with Gasteiger partial charge in [-0.2, -0.15) is 0 Å². The van der Waals surface area contributed by atoms with E-state index in [0.717, 1.165) is 6.42 Å². The molecule has 1 aliphatic heterocycles. The molecule has 17 heavy (non-hydrogen) atoms. The maximum Gasteiger partial charge on any atom is 0.220 e. The zero-order chi connectivity index (χ0) is 12.3. The fourth-order valence-electron chi connectivity index (χ4n) is 2.58. The second kappa shape index (κ2) is 5.21. The van der Waals surface area contributed by atoms with Crippen molar-refractivity contribution < 1.29 is 13.2 Å². The van der Waals surface area contributed by atoms with Gasteiger partial charge in [0.05, 0.1) is 11.8 Å². The van der Waals surface area contributed by atoms with Crippen molar-refractivity contribution in [1.82, 2.24) is 5.32 Å². The molecule has 1 saturated carbocycles. The van der Waals surface area contributed by atoms with Crippen LogP contribution in [0.1, 0.15) is 38.5 Å². The van der Waals surface area contributed by atoms with E-state index in [2.05, 4.69) is 5.32 Å². The van der Waals surface area contributed by atoms with Crippen LogP contribution in [0.15, 0.2) is 11.5 Å². The molecule has 1 N–H and O–H groups in total. The van der Waals surface area contributed by atoms with Gasteiger partial charge in [0.25, 0.3) is 0 Å². The summed E-state index contributed by atoms with van der Waals surface area (Å²) in [5, 5.41) is 3.94. The summed E-state index contributed by atoms with van der Waals surface area (Å²) < 4.78 is 22.3. The van der Waals surface area contributed by atoms with E-state index in [-0.39, 0.29) is 17.7 Å². The Balaban J connectivity index is 1.69. The molecular weight excluding hydrogens is 238 g/mol. The molecule has 0 aromatic heterocycles. The highest BCUT2D eigenvalue weighted by Crippen LogP contribution is 2.28. The highest BCUT2D eigenvalue weighted by molar-refractivity contribution is 7.94. The Kier molecular flexibility index (Phi) is 3.86. The maximum atomic E-state index is 11.6. The summed E-state index contributed by atoms with van der Waals surface area (Å²) >= 11 is 0. The third-order valence-corrected chi connectivity index (χ3v) is 4.93. The van der Waals surface area contributed by atoms with Crippen molar-refractivity contribution in [3.05, 3.63) is 11.5 Å². The summed E-state index contributed by atoms with van der Waals surface area (Å²) in [6.45, 7) is 0. The van der Waals surface area contributed by atoms with Crippen LogP contribution in [-0.2, 0) is 14.6 Å². The van der Waals surface area contributed by atoms with Crippen LogP contribution in [0.3, 0.4) is 0 Å². The van der Waals surface area contributed by atoms with Gasteiger partial charge in [0.2, 0.25) is 5.91 Å². The number of carbonyl (C=O) groups excluding carboxylic acids is 1. The summed E-state index contributed by atoms with van der Waals surface area (Å²) in [7, 11) is -3.07. The van der Waals surface area contributed by atoms with Crippen molar-refractivity contribution >= 4 is 15.7 Å². The van der Waals surface area contributed by atoms with Crippen molar-refractivity contribution in [3.63, 3.8) is 0 Å². The van der Waals surface area contributed by atoms with Crippen molar-refractivity contribution in [2.75, 3.05) is 5.75 Å². The molecular formula is C12H19NO3S. The molecule has 5 heteroatoms. The Hall–Kier alpha value is -0.840. The van der Waals surface area contributed by atoms with E-state index in [9.17, 15) is 13.2 Å². The molecule has 4 nitrogen and oxygen atoms in total. The van der Waals surface area contributed by atoms with Crippen LogP contribution in [0, 0.1) is 5.92 Å². The van der Waals surface area contributed by atoms with Gasteiger partial charge < -0.3 is 5.32 Å². The van der Waals surface area contributed by atoms with Crippen LogP contribution in [0.5, 0.6) is 0 Å². The highest BCUT2D eigenvalue weighted by Gasteiger charge is 2.23. The second-order valence-electron chi connectivity index (χ2n) is 5.02. The van der Waals surface area contributed by atoms with Gasteiger partial charge in [-0.25, -0.2) is 8.42 Å². The van der Waals surface area contributed by atoms with Gasteiger partial charge in [-0.15, -0.1) is 0 Å². The lowest BCUT2D eigenvalue weighted by atomic mass is 10.0. The third-order valence-electron chi connectivity index (χ3n) is 3.53. The first kappa shape index (κ1) is 12.6. The van der Waals surface area contributed by atoms with Crippen LogP contribution in [0.25, 0.3) is 0 Å². The van der Waals surface area contributed by atoms with Crippen LogP contribution < -0.4 is 5.32 Å². The van der Waals surface area contributed by atoms with Gasteiger partial charge in [-0.3, -0.25) is 4.79 Å². The number of carbonyl (C=O) groups is 1. The second-order valence-corrected chi connectivity index (χ2v) is 6.95. The minimum atomic E-state index is -3.07. The first-order valence-electron chi connectivity index (χ1n) is 6.25. The summed E-state index contributed by atoms with van der Waals surface area (Å²) in [6, 6.07) is -0.323. The lowest BCUT2D eigenvalue weighted by Crippen LogP contribution is -2.35. The molecule has 2 aliphatic rings. The molecule has 0 radical (unpaired) electrons.